The number of methoxy groups -OCH3 is 1. The van der Waals surface area contributed by atoms with Crippen LogP contribution in [0.1, 0.15) is 80.1 Å². The van der Waals surface area contributed by atoms with Gasteiger partial charge in [-0.05, 0) is 56.6 Å². The number of carbonyl (C=O) groups is 2. The van der Waals surface area contributed by atoms with E-state index in [1.165, 1.54) is 12.8 Å². The van der Waals surface area contributed by atoms with E-state index in [-0.39, 0.29) is 24.0 Å². The van der Waals surface area contributed by atoms with Gasteiger partial charge in [-0.15, -0.1) is 0 Å². The number of carbonyl (C=O) groups excluding carboxylic acids is 2. The molecule has 0 bridgehead atoms. The molecule has 8 heteroatoms. The third kappa shape index (κ3) is 4.70. The fraction of sp³-hybridized carbons (Fsp3) is 0.654. The maximum Gasteiger partial charge on any atom is 0.256 e. The van der Waals surface area contributed by atoms with Gasteiger partial charge in [0.2, 0.25) is 5.91 Å². The van der Waals surface area contributed by atoms with Crippen LogP contribution in [0.4, 0.5) is 5.69 Å². The lowest BCUT2D eigenvalue weighted by molar-refractivity contribution is -0.117. The summed E-state index contributed by atoms with van der Waals surface area (Å²) in [5.41, 5.74) is 2.76. The van der Waals surface area contributed by atoms with Crippen LogP contribution in [0, 0.1) is 5.92 Å². The van der Waals surface area contributed by atoms with Crippen LogP contribution < -0.4 is 5.32 Å². The van der Waals surface area contributed by atoms with Crippen molar-refractivity contribution in [2.45, 2.75) is 70.0 Å². The van der Waals surface area contributed by atoms with Crippen molar-refractivity contribution in [1.82, 2.24) is 14.5 Å². The topological polar surface area (TPSA) is 85.7 Å². The molecule has 184 valence electrons. The number of imidazole rings is 1. The summed E-state index contributed by atoms with van der Waals surface area (Å²) in [5.74, 6) is 1.30. The molecule has 2 amide bonds. The number of rotatable bonds is 6. The van der Waals surface area contributed by atoms with Crippen LogP contribution in [-0.4, -0.2) is 59.2 Å². The molecule has 1 aromatic carbocycles. The molecule has 34 heavy (non-hydrogen) atoms. The molecule has 3 fully saturated rings. The van der Waals surface area contributed by atoms with E-state index < -0.39 is 0 Å². The van der Waals surface area contributed by atoms with Gasteiger partial charge >= 0.3 is 0 Å². The van der Waals surface area contributed by atoms with Crippen molar-refractivity contribution in [2.75, 3.05) is 32.1 Å². The summed E-state index contributed by atoms with van der Waals surface area (Å²) in [5, 5.41) is 3.06. The second-order valence-electron chi connectivity index (χ2n) is 10.1. The van der Waals surface area contributed by atoms with Gasteiger partial charge in [0.15, 0.2) is 0 Å². The van der Waals surface area contributed by atoms with Gasteiger partial charge in [-0.2, -0.15) is 0 Å². The summed E-state index contributed by atoms with van der Waals surface area (Å²) in [6, 6.07) is 3.73. The van der Waals surface area contributed by atoms with Gasteiger partial charge in [0.25, 0.3) is 5.91 Å². The number of nitrogens with one attached hydrogen (secondary N) is 1. The number of ether oxygens (including phenoxy) is 2. The van der Waals surface area contributed by atoms with Crippen LogP contribution in [0.5, 0.6) is 0 Å². The zero-order valence-electron chi connectivity index (χ0n) is 20.3. The molecule has 0 unspecified atom stereocenters. The molecule has 0 radical (unpaired) electrons. The fourth-order valence-corrected chi connectivity index (χ4v) is 5.83. The number of piperidine rings is 1. The number of nitrogens with zero attached hydrogens (tertiary/aromatic N) is 3. The third-order valence-electron chi connectivity index (χ3n) is 7.75. The second kappa shape index (κ2) is 10.0. The Hall–Kier alpha value is -2.45. The van der Waals surface area contributed by atoms with Crippen LogP contribution >= 0.6 is 0 Å². The molecular formula is C26H36N4O4. The monoisotopic (exact) mass is 468 g/mol. The van der Waals surface area contributed by atoms with E-state index in [1.54, 1.807) is 7.11 Å². The van der Waals surface area contributed by atoms with E-state index in [9.17, 15) is 9.59 Å². The predicted octanol–water partition coefficient (Wildman–Crippen LogP) is 4.19. The Morgan fingerprint density at radius 3 is 2.56 bits per heavy atom. The Morgan fingerprint density at radius 2 is 1.88 bits per heavy atom. The molecule has 1 aliphatic carbocycles. The Kier molecular flexibility index (Phi) is 6.88. The first-order valence-electron chi connectivity index (χ1n) is 12.8. The number of fused-ring (bicyclic) bond motifs is 1. The molecule has 1 saturated carbocycles. The van der Waals surface area contributed by atoms with Gasteiger partial charge in [-0.3, -0.25) is 9.59 Å². The van der Waals surface area contributed by atoms with E-state index in [0.29, 0.717) is 36.7 Å². The number of anilines is 1. The van der Waals surface area contributed by atoms with E-state index in [4.69, 9.17) is 14.5 Å². The molecular weight excluding hydrogens is 432 g/mol. The van der Waals surface area contributed by atoms with Crippen LogP contribution in [0.25, 0.3) is 11.0 Å². The van der Waals surface area contributed by atoms with Gasteiger partial charge < -0.3 is 24.3 Å². The first-order chi connectivity index (χ1) is 16.5. The van der Waals surface area contributed by atoms with Crippen LogP contribution in [0.3, 0.4) is 0 Å². The summed E-state index contributed by atoms with van der Waals surface area (Å²) < 4.78 is 13.4. The fourth-order valence-electron chi connectivity index (χ4n) is 5.83. The number of likely N-dealkylation sites (tertiary alicyclic amines) is 1. The molecule has 3 heterocycles. The lowest BCUT2D eigenvalue weighted by Gasteiger charge is -2.31. The molecule has 1 atom stereocenters. The minimum atomic E-state index is -0.0572. The third-order valence-corrected chi connectivity index (χ3v) is 7.75. The Morgan fingerprint density at radius 1 is 1.12 bits per heavy atom. The molecule has 1 N–H and O–H groups in total. The van der Waals surface area contributed by atoms with Crippen LogP contribution in [-0.2, 0) is 21.3 Å². The molecule has 2 aliphatic heterocycles. The molecule has 3 aliphatic rings. The smallest absolute Gasteiger partial charge is 0.256 e. The lowest BCUT2D eigenvalue weighted by atomic mass is 10.0. The Balaban J connectivity index is 1.47. The summed E-state index contributed by atoms with van der Waals surface area (Å²) in [4.78, 5) is 33.3. The highest BCUT2D eigenvalue weighted by atomic mass is 16.5. The summed E-state index contributed by atoms with van der Waals surface area (Å²) in [6.45, 7) is 2.05. The predicted molar refractivity (Wildman–Crippen MR) is 130 cm³/mol. The normalized spacial score (nSPS) is 22.1. The van der Waals surface area contributed by atoms with Crippen LogP contribution in [0.2, 0.25) is 0 Å². The lowest BCUT2D eigenvalue weighted by Crippen LogP contribution is -2.40. The van der Waals surface area contributed by atoms with E-state index in [0.717, 1.165) is 62.0 Å². The highest BCUT2D eigenvalue weighted by Gasteiger charge is 2.29. The number of aryl methyl sites for hydroxylation is 1. The minimum Gasteiger partial charge on any atom is -0.381 e. The molecule has 8 nitrogen and oxygen atoms in total. The quantitative estimate of drug-likeness (QED) is 0.687. The molecule has 5 rings (SSSR count). The molecule has 1 aromatic heterocycles. The second-order valence-corrected chi connectivity index (χ2v) is 10.1. The van der Waals surface area contributed by atoms with Crippen molar-refractivity contribution in [3.8, 4) is 0 Å². The number of aromatic nitrogens is 2. The maximum atomic E-state index is 13.7. The van der Waals surface area contributed by atoms with Gasteiger partial charge in [-0.1, -0.05) is 12.8 Å². The van der Waals surface area contributed by atoms with Gasteiger partial charge in [0, 0.05) is 46.0 Å². The van der Waals surface area contributed by atoms with Crippen molar-refractivity contribution in [3.05, 3.63) is 23.5 Å². The average Bonchev–Trinajstić information content (AvgIpc) is 3.60. The van der Waals surface area contributed by atoms with Crippen LogP contribution in [0.15, 0.2) is 12.1 Å². The zero-order chi connectivity index (χ0) is 23.7. The maximum absolute atomic E-state index is 13.7. The average molecular weight is 469 g/mol. The molecule has 0 spiro atoms. The SMILES string of the molecule is COC1CCN(C(=O)c2cc(NC(=O)CC3CCCC3)cc3nc([C@@H]4CCCO4)n(C)c23)CC1. The highest BCUT2D eigenvalue weighted by molar-refractivity contribution is 6.07. The summed E-state index contributed by atoms with van der Waals surface area (Å²) in [7, 11) is 3.68. The standard InChI is InChI=1S/C26H36N4O4/c1-29-24-20(26(32)30-11-9-19(33-2)10-12-30)15-18(27-23(31)14-17-6-3-4-7-17)16-21(24)28-25(29)22-8-5-13-34-22/h15-17,19,22H,3-14H2,1-2H3,(H,27,31)/t22-/m0/s1. The number of hydrogen-bond acceptors (Lipinski definition) is 5. The first kappa shape index (κ1) is 23.3. The number of benzene rings is 1. The molecule has 2 saturated heterocycles. The largest absolute Gasteiger partial charge is 0.381 e. The van der Waals surface area contributed by atoms with Crippen molar-refractivity contribution in [3.63, 3.8) is 0 Å². The van der Waals surface area contributed by atoms with Crippen molar-refractivity contribution in [2.24, 2.45) is 13.0 Å². The number of hydrogen-bond donors (Lipinski definition) is 1. The minimum absolute atomic E-state index is 0.0147. The molecule has 2 aromatic rings. The number of amides is 2. The first-order valence-corrected chi connectivity index (χ1v) is 12.8. The Bertz CT molecular complexity index is 1040. The van der Waals surface area contributed by atoms with Gasteiger partial charge in [0.1, 0.15) is 11.9 Å². The van der Waals surface area contributed by atoms with Gasteiger partial charge in [-0.25, -0.2) is 4.98 Å². The van der Waals surface area contributed by atoms with Crippen molar-refractivity contribution >= 4 is 28.5 Å². The summed E-state index contributed by atoms with van der Waals surface area (Å²) in [6.07, 6.45) is 8.95. The van der Waals surface area contributed by atoms with E-state index in [1.807, 2.05) is 28.6 Å². The summed E-state index contributed by atoms with van der Waals surface area (Å²) >= 11 is 0. The van der Waals surface area contributed by atoms with E-state index in [2.05, 4.69) is 5.32 Å². The highest BCUT2D eigenvalue weighted by Crippen LogP contribution is 2.34. The Labute approximate surface area is 201 Å². The van der Waals surface area contributed by atoms with Crippen molar-refractivity contribution in [1.29, 1.82) is 0 Å². The van der Waals surface area contributed by atoms with E-state index >= 15 is 0 Å². The zero-order valence-corrected chi connectivity index (χ0v) is 20.3. The van der Waals surface area contributed by atoms with Crippen molar-refractivity contribution < 1.29 is 19.1 Å². The van der Waals surface area contributed by atoms with Gasteiger partial charge in [0.05, 0.1) is 22.7 Å².